The van der Waals surface area contributed by atoms with E-state index in [0.717, 1.165) is 27.3 Å². The molecule has 3 rings (SSSR count). The molecule has 0 aliphatic rings. The number of rotatable bonds is 12. The van der Waals surface area contributed by atoms with Crippen molar-refractivity contribution in [1.29, 1.82) is 0 Å². The standard InChI is InChI=1S/C30H36BrN3O4S/c1-22(2)19-32-30(36)28(17-24-11-6-5-7-12-24)33(20-25-13-8-10-23(3)16-25)29(35)21-34(39(4,37)38)27-15-9-14-26(31)18-27/h5-16,18,22,28H,17,19-21H2,1-4H3,(H,32,36). The van der Waals surface area contributed by atoms with Crippen LogP contribution in [-0.4, -0.2) is 50.5 Å². The third-order valence-electron chi connectivity index (χ3n) is 6.17. The zero-order valence-electron chi connectivity index (χ0n) is 22.8. The van der Waals surface area contributed by atoms with E-state index in [-0.39, 0.29) is 24.8 Å². The predicted octanol–water partition coefficient (Wildman–Crippen LogP) is 4.94. The first kappa shape index (κ1) is 30.4. The highest BCUT2D eigenvalue weighted by atomic mass is 79.9. The number of amides is 2. The van der Waals surface area contributed by atoms with Gasteiger partial charge < -0.3 is 10.2 Å². The third-order valence-corrected chi connectivity index (χ3v) is 7.80. The minimum Gasteiger partial charge on any atom is -0.354 e. The number of aryl methyl sites for hydroxylation is 1. The second-order valence-electron chi connectivity index (χ2n) is 10.1. The Morgan fingerprint density at radius 1 is 0.923 bits per heavy atom. The van der Waals surface area contributed by atoms with E-state index in [9.17, 15) is 18.0 Å². The molecular formula is C30H36BrN3O4S. The molecular weight excluding hydrogens is 578 g/mol. The van der Waals surface area contributed by atoms with Crippen LogP contribution in [0.2, 0.25) is 0 Å². The fraction of sp³-hybridized carbons (Fsp3) is 0.333. The lowest BCUT2D eigenvalue weighted by Gasteiger charge is -2.33. The highest BCUT2D eigenvalue weighted by Crippen LogP contribution is 2.23. The van der Waals surface area contributed by atoms with Crippen LogP contribution in [0.3, 0.4) is 0 Å². The second-order valence-corrected chi connectivity index (χ2v) is 12.9. The summed E-state index contributed by atoms with van der Waals surface area (Å²) in [7, 11) is -3.80. The van der Waals surface area contributed by atoms with Gasteiger partial charge in [0.25, 0.3) is 0 Å². The van der Waals surface area contributed by atoms with Gasteiger partial charge in [0, 0.05) is 24.0 Å². The number of benzene rings is 3. The monoisotopic (exact) mass is 613 g/mol. The van der Waals surface area contributed by atoms with Crippen molar-refractivity contribution in [2.75, 3.05) is 23.7 Å². The molecule has 0 aliphatic heterocycles. The first-order chi connectivity index (χ1) is 18.4. The van der Waals surface area contributed by atoms with Crippen molar-refractivity contribution < 1.29 is 18.0 Å². The average Bonchev–Trinajstić information content (AvgIpc) is 2.87. The summed E-state index contributed by atoms with van der Waals surface area (Å²) in [5.74, 6) is -0.519. The van der Waals surface area contributed by atoms with Crippen LogP contribution in [0.5, 0.6) is 0 Å². The second kappa shape index (κ2) is 13.8. The lowest BCUT2D eigenvalue weighted by molar-refractivity contribution is -0.140. The van der Waals surface area contributed by atoms with Crippen molar-refractivity contribution in [3.63, 3.8) is 0 Å². The van der Waals surface area contributed by atoms with E-state index in [4.69, 9.17) is 0 Å². The minimum atomic E-state index is -3.80. The van der Waals surface area contributed by atoms with Crippen molar-refractivity contribution in [3.8, 4) is 0 Å². The molecule has 1 unspecified atom stereocenters. The van der Waals surface area contributed by atoms with Crippen molar-refractivity contribution in [2.45, 2.75) is 39.8 Å². The van der Waals surface area contributed by atoms with Gasteiger partial charge in [-0.25, -0.2) is 8.42 Å². The summed E-state index contributed by atoms with van der Waals surface area (Å²) in [5.41, 5.74) is 3.14. The fourth-order valence-corrected chi connectivity index (χ4v) is 5.46. The zero-order valence-corrected chi connectivity index (χ0v) is 25.2. The molecule has 9 heteroatoms. The number of halogens is 1. The molecule has 0 bridgehead atoms. The van der Waals surface area contributed by atoms with E-state index in [1.54, 1.807) is 24.3 Å². The van der Waals surface area contributed by atoms with Crippen molar-refractivity contribution in [2.24, 2.45) is 5.92 Å². The number of carbonyl (C=O) groups is 2. The van der Waals surface area contributed by atoms with E-state index in [0.29, 0.717) is 16.7 Å². The zero-order chi connectivity index (χ0) is 28.6. The lowest BCUT2D eigenvalue weighted by Crippen LogP contribution is -2.53. The van der Waals surface area contributed by atoms with Gasteiger partial charge in [-0.1, -0.05) is 96.0 Å². The molecule has 208 valence electrons. The summed E-state index contributed by atoms with van der Waals surface area (Å²) < 4.78 is 27.4. The molecule has 0 saturated carbocycles. The van der Waals surface area contributed by atoms with Crippen molar-refractivity contribution in [1.82, 2.24) is 10.2 Å². The third kappa shape index (κ3) is 9.21. The Balaban J connectivity index is 2.05. The quantitative estimate of drug-likeness (QED) is 0.314. The summed E-state index contributed by atoms with van der Waals surface area (Å²) in [6, 6.07) is 23.2. The largest absolute Gasteiger partial charge is 0.354 e. The van der Waals surface area contributed by atoms with Crippen LogP contribution >= 0.6 is 15.9 Å². The molecule has 0 aliphatic carbocycles. The normalized spacial score (nSPS) is 12.2. The van der Waals surface area contributed by atoms with E-state index in [1.807, 2.05) is 75.4 Å². The number of hydrogen-bond acceptors (Lipinski definition) is 4. The smallest absolute Gasteiger partial charge is 0.244 e. The number of carbonyl (C=O) groups excluding carboxylic acids is 2. The summed E-state index contributed by atoms with van der Waals surface area (Å²) >= 11 is 3.38. The number of sulfonamides is 1. The molecule has 1 atom stereocenters. The SMILES string of the molecule is Cc1cccc(CN(C(=O)CN(c2cccc(Br)c2)S(C)(=O)=O)C(Cc2ccccc2)C(=O)NCC(C)C)c1. The molecule has 0 heterocycles. The molecule has 0 aromatic heterocycles. The van der Waals surface area contributed by atoms with E-state index < -0.39 is 28.5 Å². The predicted molar refractivity (Wildman–Crippen MR) is 160 cm³/mol. The van der Waals surface area contributed by atoms with E-state index in [2.05, 4.69) is 21.2 Å². The van der Waals surface area contributed by atoms with Crippen LogP contribution in [0.15, 0.2) is 83.3 Å². The molecule has 3 aromatic rings. The van der Waals surface area contributed by atoms with Crippen LogP contribution < -0.4 is 9.62 Å². The summed E-state index contributed by atoms with van der Waals surface area (Å²) in [5, 5.41) is 2.99. The van der Waals surface area contributed by atoms with Gasteiger partial charge in [-0.2, -0.15) is 0 Å². The fourth-order valence-electron chi connectivity index (χ4n) is 4.23. The van der Waals surface area contributed by atoms with Gasteiger partial charge in [-0.05, 0) is 42.2 Å². The number of anilines is 1. The van der Waals surface area contributed by atoms with Crippen LogP contribution in [0, 0.1) is 12.8 Å². The van der Waals surface area contributed by atoms with Gasteiger partial charge in [0.05, 0.1) is 11.9 Å². The molecule has 2 amide bonds. The molecule has 1 N–H and O–H groups in total. The first-order valence-corrected chi connectivity index (χ1v) is 15.5. The van der Waals surface area contributed by atoms with Crippen molar-refractivity contribution in [3.05, 3.63) is 100 Å². The van der Waals surface area contributed by atoms with Crippen LogP contribution in [-0.2, 0) is 32.6 Å². The van der Waals surface area contributed by atoms with Crippen LogP contribution in [0.25, 0.3) is 0 Å². The Bertz CT molecular complexity index is 1380. The van der Waals surface area contributed by atoms with E-state index >= 15 is 0 Å². The van der Waals surface area contributed by atoms with Crippen LogP contribution in [0.4, 0.5) is 5.69 Å². The highest BCUT2D eigenvalue weighted by Gasteiger charge is 2.33. The Morgan fingerprint density at radius 3 is 2.21 bits per heavy atom. The lowest BCUT2D eigenvalue weighted by atomic mass is 10.0. The van der Waals surface area contributed by atoms with Gasteiger partial charge >= 0.3 is 0 Å². The Morgan fingerprint density at radius 2 is 1.59 bits per heavy atom. The number of hydrogen-bond donors (Lipinski definition) is 1. The van der Waals surface area contributed by atoms with Gasteiger partial charge in [0.1, 0.15) is 12.6 Å². The van der Waals surface area contributed by atoms with E-state index in [1.165, 1.54) is 4.90 Å². The molecule has 0 saturated heterocycles. The van der Waals surface area contributed by atoms with Gasteiger partial charge in [0.2, 0.25) is 21.8 Å². The highest BCUT2D eigenvalue weighted by molar-refractivity contribution is 9.10. The topological polar surface area (TPSA) is 86.8 Å². The van der Waals surface area contributed by atoms with Gasteiger partial charge in [-0.15, -0.1) is 0 Å². The number of nitrogens with one attached hydrogen (secondary N) is 1. The maximum Gasteiger partial charge on any atom is 0.244 e. The molecule has 7 nitrogen and oxygen atoms in total. The molecule has 0 radical (unpaired) electrons. The number of nitrogens with zero attached hydrogens (tertiary/aromatic N) is 2. The van der Waals surface area contributed by atoms with Crippen LogP contribution in [0.1, 0.15) is 30.5 Å². The molecule has 0 fully saturated rings. The summed E-state index contributed by atoms with van der Waals surface area (Å²) in [6.45, 7) is 6.15. The average molecular weight is 615 g/mol. The summed E-state index contributed by atoms with van der Waals surface area (Å²) in [6.07, 6.45) is 1.36. The Kier molecular flexibility index (Phi) is 10.7. The summed E-state index contributed by atoms with van der Waals surface area (Å²) in [4.78, 5) is 29.2. The van der Waals surface area contributed by atoms with Gasteiger partial charge in [-0.3, -0.25) is 13.9 Å². The Labute approximate surface area is 240 Å². The first-order valence-electron chi connectivity index (χ1n) is 12.8. The minimum absolute atomic E-state index is 0.156. The molecule has 0 spiro atoms. The Hall–Kier alpha value is -3.17. The van der Waals surface area contributed by atoms with Crippen molar-refractivity contribution >= 4 is 43.5 Å². The van der Waals surface area contributed by atoms with Gasteiger partial charge in [0.15, 0.2) is 0 Å². The molecule has 3 aromatic carbocycles. The molecule has 39 heavy (non-hydrogen) atoms. The maximum atomic E-state index is 14.1. The maximum absolute atomic E-state index is 14.1.